The van der Waals surface area contributed by atoms with Crippen molar-refractivity contribution in [3.63, 3.8) is 0 Å². The topological polar surface area (TPSA) is 45.9 Å². The summed E-state index contributed by atoms with van der Waals surface area (Å²) >= 11 is 0. The van der Waals surface area contributed by atoms with Crippen LogP contribution in [0.1, 0.15) is 87.2 Å². The molecule has 2 aliphatic rings. The first-order chi connectivity index (χ1) is 42.2. The molecule has 85 heavy (non-hydrogen) atoms. The maximum atomic E-state index is 7.39. The highest BCUT2D eigenvalue weighted by atomic mass is 16.3. The van der Waals surface area contributed by atoms with Crippen LogP contribution in [0.4, 0.5) is 34.1 Å². The summed E-state index contributed by atoms with van der Waals surface area (Å²) in [6.07, 6.45) is 12.4. The van der Waals surface area contributed by atoms with E-state index in [-0.39, 0.29) is 0 Å². The number of benzene rings is 12. The molecular weight excluding hydrogens is 1040 g/mol. The molecule has 0 aliphatic heterocycles. The minimum atomic E-state index is 0.486. The van der Waals surface area contributed by atoms with Crippen LogP contribution < -0.4 is 9.80 Å². The first kappa shape index (κ1) is 49.7. The quantitative estimate of drug-likeness (QED) is 0.137. The van der Waals surface area contributed by atoms with Crippen LogP contribution in [0, 0.1) is 0 Å². The molecule has 0 spiro atoms. The molecular formula is C80H62N2O3. The summed E-state index contributed by atoms with van der Waals surface area (Å²) in [4.78, 5) is 4.87. The Morgan fingerprint density at radius 1 is 0.235 bits per heavy atom. The molecule has 5 nitrogen and oxygen atoms in total. The van der Waals surface area contributed by atoms with Gasteiger partial charge in [-0.25, -0.2) is 0 Å². The van der Waals surface area contributed by atoms with E-state index in [0.717, 1.165) is 122 Å². The third-order valence-electron chi connectivity index (χ3n) is 19.0. The van der Waals surface area contributed by atoms with Gasteiger partial charge in [-0.15, -0.1) is 0 Å². The number of furan rings is 3. The number of fused-ring (bicyclic) bond motifs is 13. The lowest BCUT2D eigenvalue weighted by molar-refractivity contribution is 0.442. The van der Waals surface area contributed by atoms with E-state index in [9.17, 15) is 0 Å². The van der Waals surface area contributed by atoms with Gasteiger partial charge in [0.15, 0.2) is 11.2 Å². The molecule has 0 radical (unpaired) electrons. The van der Waals surface area contributed by atoms with Crippen molar-refractivity contribution in [3.05, 3.63) is 254 Å². The van der Waals surface area contributed by atoms with Crippen LogP contribution in [0.25, 0.3) is 110 Å². The summed E-state index contributed by atoms with van der Waals surface area (Å²) in [6.45, 7) is 0. The normalized spacial score (nSPS) is 14.5. The number of hydrogen-bond acceptors (Lipinski definition) is 5. The molecule has 15 aromatic rings. The van der Waals surface area contributed by atoms with E-state index >= 15 is 0 Å². The van der Waals surface area contributed by atoms with Gasteiger partial charge in [0, 0.05) is 65.2 Å². The van der Waals surface area contributed by atoms with Gasteiger partial charge in [0.25, 0.3) is 0 Å². The maximum Gasteiger partial charge on any atom is 0.159 e. The molecule has 0 saturated heterocycles. The average Bonchev–Trinajstić information content (AvgIpc) is 2.54. The summed E-state index contributed by atoms with van der Waals surface area (Å²) in [6, 6.07) is 88.7. The van der Waals surface area contributed by atoms with E-state index in [4.69, 9.17) is 13.3 Å². The predicted molar refractivity (Wildman–Crippen MR) is 355 cm³/mol. The largest absolute Gasteiger partial charge is 0.455 e. The van der Waals surface area contributed by atoms with Crippen LogP contribution >= 0.6 is 0 Å². The highest BCUT2D eigenvalue weighted by Crippen LogP contribution is 2.53. The third kappa shape index (κ3) is 8.26. The fraction of sp³-hybridized carbons (Fsp3) is 0.150. The molecule has 2 fully saturated rings. The van der Waals surface area contributed by atoms with E-state index in [1.165, 1.54) is 97.2 Å². The smallest absolute Gasteiger partial charge is 0.159 e. The van der Waals surface area contributed by atoms with Gasteiger partial charge in [0.1, 0.15) is 22.3 Å². The SMILES string of the molecule is c1ccc(-c2ccc(N(c3cc4c5cc(N(c6ccc(-c7ccccc7)cc6)c6cccc7c6oc6c(C8CCCCC8)cccc67)c6ccccc6c5oc4c4ccccc34)c3cccc4c3oc3c(C5CCCCC5)cccc34)cc2)cc1. The van der Waals surface area contributed by atoms with Gasteiger partial charge < -0.3 is 23.1 Å². The van der Waals surface area contributed by atoms with E-state index in [0.29, 0.717) is 11.8 Å². The van der Waals surface area contributed by atoms with Crippen molar-refractivity contribution in [3.8, 4) is 22.3 Å². The Labute approximate surface area is 493 Å². The Morgan fingerprint density at radius 3 is 0.965 bits per heavy atom. The van der Waals surface area contributed by atoms with Crippen molar-refractivity contribution in [1.82, 2.24) is 0 Å². The van der Waals surface area contributed by atoms with Gasteiger partial charge in [0.2, 0.25) is 0 Å². The van der Waals surface area contributed by atoms with Crippen molar-refractivity contribution in [2.24, 2.45) is 0 Å². The number of para-hydroxylation sites is 4. The summed E-state index contributed by atoms with van der Waals surface area (Å²) in [5.41, 5.74) is 18.9. The van der Waals surface area contributed by atoms with Crippen LogP contribution in [-0.2, 0) is 0 Å². The van der Waals surface area contributed by atoms with Gasteiger partial charge in [-0.2, -0.15) is 0 Å². The molecule has 0 N–H and O–H groups in total. The summed E-state index contributed by atoms with van der Waals surface area (Å²) < 4.78 is 22.1. The van der Waals surface area contributed by atoms with Gasteiger partial charge in [-0.05, 0) is 119 Å². The van der Waals surface area contributed by atoms with Crippen LogP contribution in [0.15, 0.2) is 256 Å². The number of hydrogen-bond donors (Lipinski definition) is 0. The Kier molecular flexibility index (Phi) is 12.0. The maximum absolute atomic E-state index is 7.39. The third-order valence-corrected chi connectivity index (χ3v) is 19.0. The summed E-state index contributed by atoms with van der Waals surface area (Å²) in [5.74, 6) is 0.972. The fourth-order valence-electron chi connectivity index (χ4n) is 14.9. The van der Waals surface area contributed by atoms with Crippen molar-refractivity contribution < 1.29 is 13.3 Å². The monoisotopic (exact) mass is 1100 g/mol. The zero-order valence-corrected chi connectivity index (χ0v) is 47.4. The molecule has 0 bridgehead atoms. The van der Waals surface area contributed by atoms with Gasteiger partial charge in [0.05, 0.1) is 22.7 Å². The van der Waals surface area contributed by atoms with Crippen molar-refractivity contribution in [2.45, 2.75) is 76.0 Å². The second-order valence-corrected chi connectivity index (χ2v) is 23.9. The Bertz CT molecular complexity index is 4700. The van der Waals surface area contributed by atoms with E-state index in [1.807, 2.05) is 0 Å². The van der Waals surface area contributed by atoms with Gasteiger partial charge in [-0.1, -0.05) is 233 Å². The lowest BCUT2D eigenvalue weighted by Crippen LogP contribution is -2.11. The standard InChI is InChI=1S/C80H62N2O3/c1-5-21-51(22-6-1)53-41-45-57(46-42-53)81(71-39-19-37-67-65-35-17-33-59(75(65)84-79(67)71)55-25-9-3-10-26-55)73-49-69-70-50-74(62-30-14-16-32-64(62)78(70)83-77(69)63-31-15-13-29-61(63)73)82(58-47-43-54(44-48-58)52-23-7-2-8-24-52)72-40-20-38-68-66-36-18-34-60(76(66)85-80(68)72)56-27-11-4-12-28-56/h1-2,5-8,13-24,29-50,55-56H,3-4,9-12,25-28H2. The van der Waals surface area contributed by atoms with E-state index in [2.05, 4.69) is 252 Å². The molecule has 5 heteroatoms. The molecule has 0 unspecified atom stereocenters. The van der Waals surface area contributed by atoms with Gasteiger partial charge >= 0.3 is 0 Å². The molecule has 2 saturated carbocycles. The number of rotatable bonds is 10. The fourth-order valence-corrected chi connectivity index (χ4v) is 14.9. The van der Waals surface area contributed by atoms with Crippen LogP contribution in [-0.4, -0.2) is 0 Å². The second kappa shape index (κ2) is 20.5. The first-order valence-electron chi connectivity index (χ1n) is 30.8. The van der Waals surface area contributed by atoms with Crippen molar-refractivity contribution in [1.29, 1.82) is 0 Å². The number of nitrogens with zero attached hydrogens (tertiary/aromatic N) is 2. The van der Waals surface area contributed by atoms with Crippen LogP contribution in [0.5, 0.6) is 0 Å². The predicted octanol–water partition coefficient (Wildman–Crippen LogP) is 24.1. The highest BCUT2D eigenvalue weighted by Gasteiger charge is 2.30. The zero-order chi connectivity index (χ0) is 56.0. The molecule has 2 aliphatic carbocycles. The van der Waals surface area contributed by atoms with E-state index in [1.54, 1.807) is 0 Å². The zero-order valence-electron chi connectivity index (χ0n) is 47.4. The Balaban J connectivity index is 0.921. The molecule has 410 valence electrons. The highest BCUT2D eigenvalue weighted by molar-refractivity contribution is 6.26. The molecule has 0 atom stereocenters. The molecule has 12 aromatic carbocycles. The summed E-state index contributed by atoms with van der Waals surface area (Å²) in [5, 5.41) is 10.8. The molecule has 3 aromatic heterocycles. The Morgan fingerprint density at radius 2 is 0.553 bits per heavy atom. The van der Waals surface area contributed by atoms with E-state index < -0.39 is 0 Å². The first-order valence-corrected chi connectivity index (χ1v) is 30.8. The molecule has 17 rings (SSSR count). The lowest BCUT2D eigenvalue weighted by Gasteiger charge is -2.28. The molecule has 3 heterocycles. The van der Waals surface area contributed by atoms with Crippen molar-refractivity contribution in [2.75, 3.05) is 9.80 Å². The average molecular weight is 1100 g/mol. The minimum Gasteiger partial charge on any atom is -0.455 e. The summed E-state index contributed by atoms with van der Waals surface area (Å²) in [7, 11) is 0. The molecule has 0 amide bonds. The second-order valence-electron chi connectivity index (χ2n) is 23.9. The minimum absolute atomic E-state index is 0.486. The number of anilines is 6. The van der Waals surface area contributed by atoms with Crippen molar-refractivity contribution >= 4 is 121 Å². The Hall–Kier alpha value is -9.84. The lowest BCUT2D eigenvalue weighted by atomic mass is 9.83. The van der Waals surface area contributed by atoms with Crippen LogP contribution in [0.2, 0.25) is 0 Å². The van der Waals surface area contributed by atoms with Gasteiger partial charge in [-0.3, -0.25) is 0 Å². The van der Waals surface area contributed by atoms with Crippen LogP contribution in [0.3, 0.4) is 0 Å².